The molecule has 0 bridgehead atoms. The highest BCUT2D eigenvalue weighted by molar-refractivity contribution is 7.96. The molecule has 0 spiro atoms. The van der Waals surface area contributed by atoms with Gasteiger partial charge in [0.1, 0.15) is 24.2 Å². The zero-order chi connectivity index (χ0) is 22.7. The summed E-state index contributed by atoms with van der Waals surface area (Å²) in [6.07, 6.45) is 3.69. The zero-order valence-corrected chi connectivity index (χ0v) is 20.2. The van der Waals surface area contributed by atoms with Gasteiger partial charge in [-0.15, -0.1) is 0 Å². The molecule has 4 rings (SSSR count). The average Bonchev–Trinajstić information content (AvgIpc) is 2.79. The van der Waals surface area contributed by atoms with Crippen LogP contribution in [0.15, 0.2) is 57.9 Å². The summed E-state index contributed by atoms with van der Waals surface area (Å²) in [6, 6.07) is 13.6. The van der Waals surface area contributed by atoms with Gasteiger partial charge in [0.15, 0.2) is 5.43 Å². The summed E-state index contributed by atoms with van der Waals surface area (Å²) in [5.74, 6) is 0.727. The second kappa shape index (κ2) is 9.69. The maximum absolute atomic E-state index is 13.1. The number of ether oxygens (including phenoxy) is 1. The van der Waals surface area contributed by atoms with Crippen molar-refractivity contribution in [2.24, 2.45) is 0 Å². The highest BCUT2D eigenvalue weighted by Gasteiger charge is 2.17. The minimum absolute atomic E-state index is 0.0204. The number of hydrogen-bond donors (Lipinski definition) is 0. The van der Waals surface area contributed by atoms with Crippen LogP contribution in [-0.4, -0.2) is 54.8 Å². The molecule has 170 valence electrons. The first-order valence-electron chi connectivity index (χ1n) is 11.2. The lowest BCUT2D eigenvalue weighted by Gasteiger charge is -2.32. The number of piperazine rings is 1. The molecule has 3 aromatic rings. The Morgan fingerprint density at radius 3 is 2.41 bits per heavy atom. The van der Waals surface area contributed by atoms with E-state index in [2.05, 4.69) is 48.4 Å². The van der Waals surface area contributed by atoms with Gasteiger partial charge in [0.25, 0.3) is 0 Å². The van der Waals surface area contributed by atoms with Gasteiger partial charge in [-0.1, -0.05) is 57.0 Å². The molecule has 0 unspecified atom stereocenters. The van der Waals surface area contributed by atoms with Crippen LogP contribution >= 0.6 is 11.9 Å². The predicted octanol–water partition coefficient (Wildman–Crippen LogP) is 5.03. The molecule has 0 N–H and O–H groups in total. The predicted molar refractivity (Wildman–Crippen MR) is 134 cm³/mol. The third-order valence-corrected chi connectivity index (χ3v) is 6.96. The van der Waals surface area contributed by atoms with E-state index in [1.165, 1.54) is 5.56 Å². The molecule has 1 aliphatic heterocycles. The lowest BCUT2D eigenvalue weighted by atomic mass is 9.86. The summed E-state index contributed by atoms with van der Waals surface area (Å²) >= 11 is 1.81. The van der Waals surface area contributed by atoms with Gasteiger partial charge < -0.3 is 9.15 Å². The molecule has 0 radical (unpaired) electrons. The van der Waals surface area contributed by atoms with Crippen molar-refractivity contribution >= 4 is 22.9 Å². The molecule has 5 nitrogen and oxygen atoms in total. The molecule has 0 atom stereocenters. The Morgan fingerprint density at radius 2 is 1.75 bits per heavy atom. The molecule has 32 heavy (non-hydrogen) atoms. The Balaban J connectivity index is 1.44. The monoisotopic (exact) mass is 452 g/mol. The van der Waals surface area contributed by atoms with E-state index in [1.54, 1.807) is 12.3 Å². The first kappa shape index (κ1) is 22.9. The van der Waals surface area contributed by atoms with E-state index in [-0.39, 0.29) is 10.8 Å². The third kappa shape index (κ3) is 5.20. The van der Waals surface area contributed by atoms with Gasteiger partial charge in [0.2, 0.25) is 0 Å². The van der Waals surface area contributed by atoms with Gasteiger partial charge in [-0.25, -0.2) is 4.31 Å². The van der Waals surface area contributed by atoms with Crippen molar-refractivity contribution in [3.8, 4) is 16.9 Å². The first-order valence-corrected chi connectivity index (χ1v) is 12.3. The van der Waals surface area contributed by atoms with E-state index < -0.39 is 0 Å². The van der Waals surface area contributed by atoms with Crippen molar-refractivity contribution in [2.45, 2.75) is 26.2 Å². The fraction of sp³-hybridized carbons (Fsp3) is 0.423. The number of nitrogens with zero attached hydrogens (tertiary/aromatic N) is 2. The Kier molecular flexibility index (Phi) is 6.93. The van der Waals surface area contributed by atoms with E-state index >= 15 is 0 Å². The van der Waals surface area contributed by atoms with Crippen LogP contribution < -0.4 is 10.2 Å². The molecule has 0 aliphatic carbocycles. The van der Waals surface area contributed by atoms with Crippen molar-refractivity contribution in [1.29, 1.82) is 0 Å². The van der Waals surface area contributed by atoms with Crippen molar-refractivity contribution in [3.63, 3.8) is 0 Å². The van der Waals surface area contributed by atoms with E-state index in [0.29, 0.717) is 23.1 Å². The van der Waals surface area contributed by atoms with E-state index in [9.17, 15) is 4.79 Å². The molecule has 1 aromatic heterocycles. The van der Waals surface area contributed by atoms with Gasteiger partial charge in [-0.05, 0) is 34.9 Å². The van der Waals surface area contributed by atoms with Gasteiger partial charge >= 0.3 is 0 Å². The Bertz CT molecular complexity index is 1110. The molecule has 2 heterocycles. The van der Waals surface area contributed by atoms with Gasteiger partial charge in [-0.2, -0.15) is 0 Å². The highest BCUT2D eigenvalue weighted by atomic mass is 32.2. The van der Waals surface area contributed by atoms with Crippen LogP contribution in [-0.2, 0) is 5.41 Å². The summed E-state index contributed by atoms with van der Waals surface area (Å²) in [5.41, 5.74) is 3.29. The summed E-state index contributed by atoms with van der Waals surface area (Å²) in [4.78, 5) is 15.5. The Labute approximate surface area is 194 Å². The van der Waals surface area contributed by atoms with Crippen LogP contribution in [0.1, 0.15) is 26.3 Å². The average molecular weight is 453 g/mol. The van der Waals surface area contributed by atoms with Crippen LogP contribution in [0.4, 0.5) is 0 Å². The number of fused-ring (bicyclic) bond motifs is 1. The van der Waals surface area contributed by atoms with Gasteiger partial charge in [0, 0.05) is 38.8 Å². The van der Waals surface area contributed by atoms with Crippen molar-refractivity contribution in [2.75, 3.05) is 45.6 Å². The number of benzene rings is 2. The normalized spacial score (nSPS) is 15.9. The topological polar surface area (TPSA) is 45.9 Å². The SMILES string of the molecule is CSN1CCN(CCOc2ccc3c(=O)c(-c4ccc(C(C)(C)C)cc4)coc3c2)CC1. The molecular formula is C26H32N2O3S. The van der Waals surface area contributed by atoms with Crippen LogP contribution in [0, 0.1) is 0 Å². The van der Waals surface area contributed by atoms with Gasteiger partial charge in [0.05, 0.1) is 10.9 Å². The quantitative estimate of drug-likeness (QED) is 0.489. The summed E-state index contributed by atoms with van der Waals surface area (Å²) < 4.78 is 14.2. The van der Waals surface area contributed by atoms with Crippen molar-refractivity contribution in [3.05, 3.63) is 64.5 Å². The second-order valence-electron chi connectivity index (χ2n) is 9.27. The Morgan fingerprint density at radius 1 is 1.03 bits per heavy atom. The second-order valence-corrected chi connectivity index (χ2v) is 10.1. The first-order chi connectivity index (χ1) is 15.3. The summed E-state index contributed by atoms with van der Waals surface area (Å²) in [5, 5.41) is 0.572. The summed E-state index contributed by atoms with van der Waals surface area (Å²) in [7, 11) is 0. The smallest absolute Gasteiger partial charge is 0.200 e. The maximum atomic E-state index is 13.1. The standard InChI is InChI=1S/C26H32N2O3S/c1-26(2,3)20-7-5-19(6-8-20)23-18-31-24-17-21(9-10-22(24)25(23)29)30-16-15-27-11-13-28(32-4)14-12-27/h5-10,17-18H,11-16H2,1-4H3. The summed E-state index contributed by atoms with van der Waals surface area (Å²) in [6.45, 7) is 12.4. The Hall–Kier alpha value is -2.28. The van der Waals surface area contributed by atoms with E-state index in [4.69, 9.17) is 9.15 Å². The number of hydrogen-bond acceptors (Lipinski definition) is 6. The van der Waals surface area contributed by atoms with E-state index in [1.807, 2.05) is 36.2 Å². The minimum atomic E-state index is -0.0204. The van der Waals surface area contributed by atoms with Crippen LogP contribution in [0.3, 0.4) is 0 Å². The molecule has 1 aliphatic rings. The highest BCUT2D eigenvalue weighted by Crippen LogP contribution is 2.27. The molecular weight excluding hydrogens is 420 g/mol. The van der Waals surface area contributed by atoms with Gasteiger partial charge in [-0.3, -0.25) is 9.69 Å². The lowest BCUT2D eigenvalue weighted by Crippen LogP contribution is -2.44. The van der Waals surface area contributed by atoms with Crippen molar-refractivity contribution in [1.82, 2.24) is 9.21 Å². The molecule has 0 amide bonds. The molecule has 2 aromatic carbocycles. The molecule has 6 heteroatoms. The van der Waals surface area contributed by atoms with Crippen LogP contribution in [0.2, 0.25) is 0 Å². The molecule has 1 fully saturated rings. The lowest BCUT2D eigenvalue weighted by molar-refractivity contribution is 0.164. The largest absolute Gasteiger partial charge is 0.492 e. The van der Waals surface area contributed by atoms with Crippen LogP contribution in [0.5, 0.6) is 5.75 Å². The van der Waals surface area contributed by atoms with Crippen LogP contribution in [0.25, 0.3) is 22.1 Å². The number of rotatable bonds is 6. The molecule has 1 saturated heterocycles. The maximum Gasteiger partial charge on any atom is 0.200 e. The fourth-order valence-corrected chi connectivity index (χ4v) is 4.50. The third-order valence-electron chi connectivity index (χ3n) is 6.07. The fourth-order valence-electron chi connectivity index (χ4n) is 3.98. The zero-order valence-electron chi connectivity index (χ0n) is 19.4. The van der Waals surface area contributed by atoms with Crippen molar-refractivity contribution < 1.29 is 9.15 Å². The van der Waals surface area contributed by atoms with E-state index in [0.717, 1.165) is 44.0 Å². The minimum Gasteiger partial charge on any atom is -0.492 e. The molecule has 0 saturated carbocycles.